The Morgan fingerprint density at radius 1 is 1.07 bits per heavy atom. The average molecular weight is 396 g/mol. The predicted octanol–water partition coefficient (Wildman–Crippen LogP) is 2.71. The summed E-state index contributed by atoms with van der Waals surface area (Å²) in [5.41, 5.74) is 0.493. The first-order valence-electron chi connectivity index (χ1n) is 9.90. The molecule has 0 spiro atoms. The van der Waals surface area contributed by atoms with Crippen LogP contribution in [-0.4, -0.2) is 48.6 Å². The number of amides is 2. The lowest BCUT2D eigenvalue weighted by Crippen LogP contribution is -2.42. The standard InChI is InChI=1S/C23H28N2O4/c1-25(2)21(26)16-29-20-11-7-6-10-19(20)22(27)24-18-12-14-23(28,15-13-18)17-8-4-3-5-9-17/h3-11,18,28H,12-16H2,1-2H3,(H,24,27). The number of nitrogens with one attached hydrogen (secondary N) is 1. The van der Waals surface area contributed by atoms with Gasteiger partial charge in [-0.1, -0.05) is 42.5 Å². The van der Waals surface area contributed by atoms with Gasteiger partial charge in [0.05, 0.1) is 11.2 Å². The first-order chi connectivity index (χ1) is 13.9. The summed E-state index contributed by atoms with van der Waals surface area (Å²) in [7, 11) is 3.31. The van der Waals surface area contributed by atoms with E-state index in [9.17, 15) is 14.7 Å². The number of carbonyl (C=O) groups is 2. The van der Waals surface area contributed by atoms with Gasteiger partial charge >= 0.3 is 0 Å². The molecule has 154 valence electrons. The summed E-state index contributed by atoms with van der Waals surface area (Å²) in [5, 5.41) is 14.0. The van der Waals surface area contributed by atoms with Crippen molar-refractivity contribution in [3.05, 3.63) is 65.7 Å². The second-order valence-electron chi connectivity index (χ2n) is 7.72. The van der Waals surface area contributed by atoms with Gasteiger partial charge < -0.3 is 20.1 Å². The highest BCUT2D eigenvalue weighted by molar-refractivity contribution is 5.97. The monoisotopic (exact) mass is 396 g/mol. The summed E-state index contributed by atoms with van der Waals surface area (Å²) in [6.45, 7) is -0.120. The molecule has 0 radical (unpaired) electrons. The van der Waals surface area contributed by atoms with Gasteiger partial charge in [0.15, 0.2) is 6.61 Å². The first kappa shape index (κ1) is 20.9. The van der Waals surface area contributed by atoms with E-state index in [1.165, 1.54) is 4.90 Å². The third-order valence-electron chi connectivity index (χ3n) is 5.44. The number of para-hydroxylation sites is 1. The van der Waals surface area contributed by atoms with E-state index < -0.39 is 5.60 Å². The molecule has 0 bridgehead atoms. The minimum atomic E-state index is -0.837. The normalized spacial score (nSPS) is 21.3. The Hall–Kier alpha value is -2.86. The van der Waals surface area contributed by atoms with E-state index in [1.807, 2.05) is 30.3 Å². The molecule has 2 amide bonds. The minimum Gasteiger partial charge on any atom is -0.483 e. The molecular weight excluding hydrogens is 368 g/mol. The molecule has 1 aliphatic carbocycles. The lowest BCUT2D eigenvalue weighted by molar-refractivity contribution is -0.130. The molecule has 0 aromatic heterocycles. The molecule has 6 heteroatoms. The smallest absolute Gasteiger partial charge is 0.259 e. The van der Waals surface area contributed by atoms with Crippen LogP contribution in [0.4, 0.5) is 0 Å². The average Bonchev–Trinajstić information content (AvgIpc) is 2.74. The Kier molecular flexibility index (Phi) is 6.54. The predicted molar refractivity (Wildman–Crippen MR) is 111 cm³/mol. The van der Waals surface area contributed by atoms with Crippen LogP contribution in [0.1, 0.15) is 41.6 Å². The van der Waals surface area contributed by atoms with Crippen molar-refractivity contribution in [1.82, 2.24) is 10.2 Å². The SMILES string of the molecule is CN(C)C(=O)COc1ccccc1C(=O)NC1CCC(O)(c2ccccc2)CC1. The molecule has 0 atom stereocenters. The molecular formula is C23H28N2O4. The van der Waals surface area contributed by atoms with Crippen molar-refractivity contribution < 1.29 is 19.4 Å². The Balaban J connectivity index is 1.60. The Labute approximate surface area is 171 Å². The van der Waals surface area contributed by atoms with Crippen LogP contribution in [0.5, 0.6) is 5.75 Å². The fourth-order valence-corrected chi connectivity index (χ4v) is 3.59. The van der Waals surface area contributed by atoms with E-state index in [2.05, 4.69) is 5.32 Å². The molecule has 0 heterocycles. The van der Waals surface area contributed by atoms with E-state index in [-0.39, 0.29) is 24.5 Å². The van der Waals surface area contributed by atoms with E-state index in [1.54, 1.807) is 38.4 Å². The summed E-state index contributed by atoms with van der Waals surface area (Å²) in [6.07, 6.45) is 2.58. The summed E-state index contributed by atoms with van der Waals surface area (Å²) < 4.78 is 5.57. The van der Waals surface area contributed by atoms with Crippen LogP contribution in [0, 0.1) is 0 Å². The highest BCUT2D eigenvalue weighted by Crippen LogP contribution is 2.37. The number of hydrogen-bond donors (Lipinski definition) is 2. The van der Waals surface area contributed by atoms with Crippen molar-refractivity contribution in [2.45, 2.75) is 37.3 Å². The van der Waals surface area contributed by atoms with Crippen LogP contribution in [-0.2, 0) is 10.4 Å². The summed E-state index contributed by atoms with van der Waals surface area (Å²) in [5.74, 6) is -0.0162. The van der Waals surface area contributed by atoms with Crippen molar-refractivity contribution in [3.8, 4) is 5.75 Å². The number of likely N-dealkylation sites (N-methyl/N-ethyl adjacent to an activating group) is 1. The Morgan fingerprint density at radius 2 is 1.69 bits per heavy atom. The van der Waals surface area contributed by atoms with E-state index in [0.717, 1.165) is 5.56 Å². The zero-order valence-corrected chi connectivity index (χ0v) is 16.9. The second-order valence-corrected chi connectivity index (χ2v) is 7.72. The van der Waals surface area contributed by atoms with Crippen molar-refractivity contribution in [2.24, 2.45) is 0 Å². The molecule has 0 unspecified atom stereocenters. The Bertz CT molecular complexity index is 843. The number of aliphatic hydroxyl groups is 1. The molecule has 2 N–H and O–H groups in total. The third-order valence-corrected chi connectivity index (χ3v) is 5.44. The maximum atomic E-state index is 12.8. The topological polar surface area (TPSA) is 78.9 Å². The number of benzene rings is 2. The number of rotatable bonds is 6. The first-order valence-corrected chi connectivity index (χ1v) is 9.90. The maximum Gasteiger partial charge on any atom is 0.259 e. The van der Waals surface area contributed by atoms with Gasteiger partial charge in [-0.05, 0) is 43.4 Å². The van der Waals surface area contributed by atoms with Crippen LogP contribution < -0.4 is 10.1 Å². The van der Waals surface area contributed by atoms with E-state index in [0.29, 0.717) is 37.0 Å². The second kappa shape index (κ2) is 9.09. The minimum absolute atomic E-state index is 0.0112. The quantitative estimate of drug-likeness (QED) is 0.787. The van der Waals surface area contributed by atoms with Gasteiger partial charge in [-0.2, -0.15) is 0 Å². The fourth-order valence-electron chi connectivity index (χ4n) is 3.59. The molecule has 6 nitrogen and oxygen atoms in total. The molecule has 3 rings (SSSR count). The third kappa shape index (κ3) is 5.15. The van der Waals surface area contributed by atoms with Gasteiger partial charge in [0, 0.05) is 20.1 Å². The largest absolute Gasteiger partial charge is 0.483 e. The maximum absolute atomic E-state index is 12.8. The molecule has 0 saturated heterocycles. The van der Waals surface area contributed by atoms with Crippen molar-refractivity contribution in [3.63, 3.8) is 0 Å². The van der Waals surface area contributed by atoms with E-state index in [4.69, 9.17) is 4.74 Å². The van der Waals surface area contributed by atoms with Crippen molar-refractivity contribution in [2.75, 3.05) is 20.7 Å². The number of hydrogen-bond acceptors (Lipinski definition) is 4. The number of carbonyl (C=O) groups excluding carboxylic acids is 2. The summed E-state index contributed by atoms with van der Waals surface area (Å²) in [6, 6.07) is 16.6. The summed E-state index contributed by atoms with van der Waals surface area (Å²) >= 11 is 0. The molecule has 1 saturated carbocycles. The van der Waals surface area contributed by atoms with Gasteiger partial charge in [0.1, 0.15) is 5.75 Å². The van der Waals surface area contributed by atoms with Gasteiger partial charge in [0.25, 0.3) is 11.8 Å². The fraction of sp³-hybridized carbons (Fsp3) is 0.391. The highest BCUT2D eigenvalue weighted by Gasteiger charge is 2.35. The van der Waals surface area contributed by atoms with Gasteiger partial charge in [-0.25, -0.2) is 0 Å². The lowest BCUT2D eigenvalue weighted by Gasteiger charge is -2.36. The van der Waals surface area contributed by atoms with Crippen LogP contribution in [0.25, 0.3) is 0 Å². The lowest BCUT2D eigenvalue weighted by atomic mass is 9.77. The van der Waals surface area contributed by atoms with Gasteiger partial charge in [-0.3, -0.25) is 9.59 Å². The zero-order valence-electron chi connectivity index (χ0n) is 16.9. The number of ether oxygens (including phenoxy) is 1. The molecule has 1 aliphatic rings. The van der Waals surface area contributed by atoms with Crippen LogP contribution in [0.2, 0.25) is 0 Å². The van der Waals surface area contributed by atoms with Crippen LogP contribution in [0.15, 0.2) is 54.6 Å². The van der Waals surface area contributed by atoms with Crippen molar-refractivity contribution in [1.29, 1.82) is 0 Å². The summed E-state index contributed by atoms with van der Waals surface area (Å²) in [4.78, 5) is 26.0. The zero-order chi connectivity index (χ0) is 20.9. The molecule has 29 heavy (non-hydrogen) atoms. The van der Waals surface area contributed by atoms with Gasteiger partial charge in [0.2, 0.25) is 0 Å². The molecule has 1 fully saturated rings. The van der Waals surface area contributed by atoms with Crippen LogP contribution in [0.3, 0.4) is 0 Å². The molecule has 0 aliphatic heterocycles. The molecule has 2 aromatic rings. The number of nitrogens with zero attached hydrogens (tertiary/aromatic N) is 1. The van der Waals surface area contributed by atoms with E-state index >= 15 is 0 Å². The highest BCUT2D eigenvalue weighted by atomic mass is 16.5. The Morgan fingerprint density at radius 3 is 2.34 bits per heavy atom. The molecule has 2 aromatic carbocycles. The van der Waals surface area contributed by atoms with Crippen LogP contribution >= 0.6 is 0 Å². The van der Waals surface area contributed by atoms with Crippen molar-refractivity contribution >= 4 is 11.8 Å². The van der Waals surface area contributed by atoms with Gasteiger partial charge in [-0.15, -0.1) is 0 Å².